The van der Waals surface area contributed by atoms with Crippen molar-refractivity contribution in [3.8, 4) is 0 Å². The van der Waals surface area contributed by atoms with Crippen LogP contribution in [0, 0.1) is 29.1 Å². The lowest BCUT2D eigenvalue weighted by molar-refractivity contribution is -0.0468. The number of rotatable bonds is 27. The lowest BCUT2D eigenvalue weighted by atomic mass is 9.50. The van der Waals surface area contributed by atoms with Crippen molar-refractivity contribution in [2.75, 3.05) is 86.1 Å². The van der Waals surface area contributed by atoms with Crippen LogP contribution in [0.1, 0.15) is 178 Å². The number of likely N-dealkylation sites (N-methyl/N-ethyl adjacent to an activating group) is 4. The molecule has 342 valence electrons. The molecule has 4 bridgehead atoms. The molecule has 0 heterocycles. The van der Waals surface area contributed by atoms with Crippen LogP contribution in [0.2, 0.25) is 0 Å². The molecular formula is C47H109N9. The van der Waals surface area contributed by atoms with Gasteiger partial charge in [0.15, 0.2) is 0 Å². The molecule has 9 heteroatoms. The monoisotopic (exact) mass is 800 g/mol. The van der Waals surface area contributed by atoms with E-state index in [2.05, 4.69) is 94.2 Å². The average Bonchev–Trinajstić information content (AvgIpc) is 3.18. The van der Waals surface area contributed by atoms with E-state index in [9.17, 15) is 0 Å². The van der Waals surface area contributed by atoms with Crippen LogP contribution in [0.4, 0.5) is 0 Å². The summed E-state index contributed by atoms with van der Waals surface area (Å²) in [5, 5.41) is 19.1. The van der Waals surface area contributed by atoms with E-state index < -0.39 is 0 Å². The summed E-state index contributed by atoms with van der Waals surface area (Å²) in [6, 6.07) is 1.21. The van der Waals surface area contributed by atoms with Crippen LogP contribution < -0.4 is 49.1 Å². The van der Waals surface area contributed by atoms with Crippen molar-refractivity contribution in [2.45, 2.75) is 190 Å². The Balaban J connectivity index is -0.000000611. The van der Waals surface area contributed by atoms with Crippen molar-refractivity contribution in [1.29, 1.82) is 0 Å². The number of nitrogens with two attached hydrogens (primary N) is 3. The Bertz CT molecular complexity index is 654. The maximum atomic E-state index is 5.93. The van der Waals surface area contributed by atoms with Gasteiger partial charge in [-0.25, -0.2) is 0 Å². The second kappa shape index (κ2) is 45.7. The standard InChI is InChI=1S/C11H19N.C10H23N.C8H20N2.C8H19N.C6H16N2.C4H12N2/c12-7-11-4-8-1-9(5-11)3-10(2-8)6-11;1-2-3-4-5-6-7-8-9-10-11;1-7(2)9-5-6-10-8(3)4;1-3-5-6-8(4-2)7-9;1-3-7-5-6-8-4-2;1-5-3-4-6-2/h8-10H,1-7,12H2;2-11H2,1H3;7-10H,5-6H2,1-4H3;8H,3-7,9H2,1-2H3;7-8H,3-6H2,1-2H3;5-6H,3-4H2,1-2H3. The Hall–Kier alpha value is -0.360. The molecule has 0 aromatic rings. The molecule has 0 radical (unpaired) electrons. The summed E-state index contributed by atoms with van der Waals surface area (Å²) in [5.74, 6) is 3.99. The predicted molar refractivity (Wildman–Crippen MR) is 255 cm³/mol. The van der Waals surface area contributed by atoms with E-state index in [0.29, 0.717) is 17.5 Å². The van der Waals surface area contributed by atoms with Gasteiger partial charge in [-0.3, -0.25) is 0 Å². The molecule has 0 saturated heterocycles. The highest BCUT2D eigenvalue weighted by Gasteiger charge is 2.49. The quantitative estimate of drug-likeness (QED) is 0.0377. The van der Waals surface area contributed by atoms with Crippen LogP contribution in [-0.4, -0.2) is 98.2 Å². The van der Waals surface area contributed by atoms with Crippen LogP contribution in [0.5, 0.6) is 0 Å². The van der Waals surface area contributed by atoms with Gasteiger partial charge in [-0.1, -0.05) is 127 Å². The SMILES string of the molecule is CC(C)NCCNC(C)C.CCCCC(CC)CN.CCCCCCCCCCN.CCNCCNCC.CNCCNC.NCC12CC3CC(CC(C3)C1)C2. The Kier molecular flexibility index (Phi) is 48.9. The van der Waals surface area contributed by atoms with Gasteiger partial charge in [0.05, 0.1) is 0 Å². The van der Waals surface area contributed by atoms with Crippen LogP contribution in [0.25, 0.3) is 0 Å². The van der Waals surface area contributed by atoms with Gasteiger partial charge in [0.25, 0.3) is 0 Å². The molecular weight excluding hydrogens is 691 g/mol. The minimum Gasteiger partial charge on any atom is -0.330 e. The van der Waals surface area contributed by atoms with Crippen LogP contribution >= 0.6 is 0 Å². The van der Waals surface area contributed by atoms with Crippen LogP contribution in [-0.2, 0) is 0 Å². The van der Waals surface area contributed by atoms with Gasteiger partial charge in [0.2, 0.25) is 0 Å². The van der Waals surface area contributed by atoms with Gasteiger partial charge < -0.3 is 49.1 Å². The van der Waals surface area contributed by atoms with Gasteiger partial charge in [0.1, 0.15) is 0 Å². The average molecular weight is 800 g/mol. The summed E-state index contributed by atoms with van der Waals surface area (Å²) in [4.78, 5) is 0. The van der Waals surface area contributed by atoms with E-state index >= 15 is 0 Å². The van der Waals surface area contributed by atoms with E-state index in [1.165, 1.54) is 116 Å². The van der Waals surface area contributed by atoms with Gasteiger partial charge >= 0.3 is 0 Å². The normalized spacial score (nSPS) is 20.7. The predicted octanol–water partition coefficient (Wildman–Crippen LogP) is 8.02. The molecule has 4 fully saturated rings. The molecule has 4 rings (SSSR count). The Morgan fingerprint density at radius 2 is 0.946 bits per heavy atom. The highest BCUT2D eigenvalue weighted by atomic mass is 15.0. The lowest BCUT2D eigenvalue weighted by Crippen LogP contribution is -2.49. The smallest absolute Gasteiger partial charge is 0.00791 e. The fourth-order valence-corrected chi connectivity index (χ4v) is 8.30. The first kappa shape index (κ1) is 59.9. The summed E-state index contributed by atoms with van der Waals surface area (Å²) in [7, 11) is 3.88. The third-order valence-corrected chi connectivity index (χ3v) is 11.4. The number of hydrogen-bond donors (Lipinski definition) is 9. The van der Waals surface area contributed by atoms with Gasteiger partial charge in [-0.05, 0) is 127 Å². The molecule has 4 aliphatic carbocycles. The van der Waals surface area contributed by atoms with E-state index in [4.69, 9.17) is 17.2 Å². The van der Waals surface area contributed by atoms with Gasteiger partial charge in [0, 0.05) is 51.4 Å². The topological polar surface area (TPSA) is 150 Å². The number of unbranched alkanes of at least 4 members (excludes halogenated alkanes) is 8. The van der Waals surface area contributed by atoms with Crippen LogP contribution in [0.15, 0.2) is 0 Å². The fraction of sp³-hybridized carbons (Fsp3) is 1.00. The van der Waals surface area contributed by atoms with E-state index in [1.54, 1.807) is 0 Å². The molecule has 0 aromatic heterocycles. The molecule has 0 amide bonds. The molecule has 9 nitrogen and oxygen atoms in total. The highest BCUT2D eigenvalue weighted by molar-refractivity contribution is 5.01. The van der Waals surface area contributed by atoms with Crippen molar-refractivity contribution >= 4 is 0 Å². The number of nitrogens with one attached hydrogen (secondary N) is 6. The second-order valence-corrected chi connectivity index (χ2v) is 17.7. The number of hydrogen-bond acceptors (Lipinski definition) is 9. The first-order chi connectivity index (χ1) is 27.0. The zero-order chi connectivity index (χ0) is 42.7. The molecule has 4 saturated carbocycles. The van der Waals surface area contributed by atoms with Crippen molar-refractivity contribution in [2.24, 2.45) is 46.3 Å². The first-order valence-electron chi connectivity index (χ1n) is 24.3. The third kappa shape index (κ3) is 40.4. The van der Waals surface area contributed by atoms with E-state index in [-0.39, 0.29) is 0 Å². The zero-order valence-corrected chi connectivity index (χ0v) is 40.2. The fourth-order valence-electron chi connectivity index (χ4n) is 8.30. The van der Waals surface area contributed by atoms with Gasteiger partial charge in [-0.15, -0.1) is 0 Å². The second-order valence-electron chi connectivity index (χ2n) is 17.7. The summed E-state index contributed by atoms with van der Waals surface area (Å²) in [6.07, 6.45) is 25.2. The van der Waals surface area contributed by atoms with E-state index in [1.807, 2.05) is 14.1 Å². The summed E-state index contributed by atoms with van der Waals surface area (Å²) >= 11 is 0. The Morgan fingerprint density at radius 3 is 1.25 bits per heavy atom. The largest absolute Gasteiger partial charge is 0.330 e. The zero-order valence-electron chi connectivity index (χ0n) is 40.2. The maximum absolute atomic E-state index is 5.93. The molecule has 56 heavy (non-hydrogen) atoms. The van der Waals surface area contributed by atoms with Crippen LogP contribution in [0.3, 0.4) is 0 Å². The third-order valence-electron chi connectivity index (χ3n) is 11.4. The Morgan fingerprint density at radius 1 is 0.536 bits per heavy atom. The van der Waals surface area contributed by atoms with Crippen molar-refractivity contribution in [3.63, 3.8) is 0 Å². The summed E-state index contributed by atoms with van der Waals surface area (Å²) in [5.41, 5.74) is 17.5. The lowest BCUT2D eigenvalue weighted by Gasteiger charge is -2.56. The van der Waals surface area contributed by atoms with E-state index in [0.717, 1.165) is 95.7 Å². The molecule has 0 aliphatic heterocycles. The van der Waals surface area contributed by atoms with Crippen molar-refractivity contribution in [3.05, 3.63) is 0 Å². The van der Waals surface area contributed by atoms with Crippen molar-refractivity contribution in [1.82, 2.24) is 31.9 Å². The Labute approximate surface area is 353 Å². The van der Waals surface area contributed by atoms with Gasteiger partial charge in [-0.2, -0.15) is 0 Å². The molecule has 12 N–H and O–H groups in total. The molecule has 0 aromatic carbocycles. The minimum atomic E-state index is 0.606. The molecule has 4 aliphatic rings. The molecule has 1 unspecified atom stereocenters. The molecule has 0 spiro atoms. The minimum absolute atomic E-state index is 0.606. The highest BCUT2D eigenvalue weighted by Crippen LogP contribution is 2.59. The molecule has 1 atom stereocenters. The summed E-state index contributed by atoms with van der Waals surface area (Å²) in [6.45, 7) is 30.9. The summed E-state index contributed by atoms with van der Waals surface area (Å²) < 4.78 is 0. The van der Waals surface area contributed by atoms with Crippen molar-refractivity contribution < 1.29 is 0 Å². The maximum Gasteiger partial charge on any atom is 0.00791 e. The first-order valence-corrected chi connectivity index (χ1v) is 24.3.